The highest BCUT2D eigenvalue weighted by atomic mass is 32.2. The van der Waals surface area contributed by atoms with Gasteiger partial charge in [-0.15, -0.1) is 0 Å². The van der Waals surface area contributed by atoms with E-state index in [2.05, 4.69) is 47.6 Å². The summed E-state index contributed by atoms with van der Waals surface area (Å²) < 4.78 is 0. The minimum absolute atomic E-state index is 0.816. The Morgan fingerprint density at radius 2 is 1.94 bits per heavy atom. The van der Waals surface area contributed by atoms with Crippen LogP contribution in [0.1, 0.15) is 18.1 Å². The number of thioether (sulfide) groups is 1. The van der Waals surface area contributed by atoms with Crippen molar-refractivity contribution in [3.63, 3.8) is 0 Å². The number of rotatable bonds is 6. The third-order valence-electron chi connectivity index (χ3n) is 2.65. The van der Waals surface area contributed by atoms with Crippen molar-refractivity contribution in [3.8, 4) is 0 Å². The van der Waals surface area contributed by atoms with E-state index in [1.165, 1.54) is 16.9 Å². The smallest absolute Gasteiger partial charge is 0.0416 e. The third kappa shape index (κ3) is 4.08. The number of hydrogen-bond acceptors (Lipinski definition) is 3. The first-order valence-electron chi connectivity index (χ1n) is 6.18. The van der Waals surface area contributed by atoms with Gasteiger partial charge in [-0.2, -0.15) is 11.8 Å². The quantitative estimate of drug-likeness (QED) is 0.849. The second-order valence-corrected chi connectivity index (χ2v) is 5.32. The third-order valence-corrected chi connectivity index (χ3v) is 3.59. The molecule has 0 aliphatic rings. The SMILES string of the molecule is CCSCc1ccc(NCc2cccnc2)cc1. The van der Waals surface area contributed by atoms with E-state index in [0.29, 0.717) is 0 Å². The molecular weight excluding hydrogens is 240 g/mol. The molecule has 0 aliphatic carbocycles. The lowest BCUT2D eigenvalue weighted by atomic mass is 10.2. The molecule has 1 aromatic carbocycles. The highest BCUT2D eigenvalue weighted by Gasteiger charge is 1.95. The van der Waals surface area contributed by atoms with Gasteiger partial charge < -0.3 is 5.32 Å². The summed E-state index contributed by atoms with van der Waals surface area (Å²) in [5.41, 5.74) is 3.74. The van der Waals surface area contributed by atoms with E-state index in [1.54, 1.807) is 6.20 Å². The van der Waals surface area contributed by atoms with Crippen LogP contribution in [0.4, 0.5) is 5.69 Å². The first kappa shape index (κ1) is 13.0. The van der Waals surface area contributed by atoms with Crippen LogP contribution in [-0.4, -0.2) is 10.7 Å². The Labute approximate surface area is 113 Å². The molecule has 18 heavy (non-hydrogen) atoms. The minimum atomic E-state index is 0.816. The van der Waals surface area contributed by atoms with E-state index in [4.69, 9.17) is 0 Å². The van der Waals surface area contributed by atoms with E-state index in [9.17, 15) is 0 Å². The van der Waals surface area contributed by atoms with Gasteiger partial charge in [0.25, 0.3) is 0 Å². The molecule has 0 amide bonds. The predicted molar refractivity (Wildman–Crippen MR) is 79.8 cm³/mol. The fourth-order valence-electron chi connectivity index (χ4n) is 1.65. The summed E-state index contributed by atoms with van der Waals surface area (Å²) in [7, 11) is 0. The van der Waals surface area contributed by atoms with Crippen molar-refractivity contribution in [2.24, 2.45) is 0 Å². The normalized spacial score (nSPS) is 10.3. The van der Waals surface area contributed by atoms with Gasteiger partial charge in [-0.05, 0) is 35.1 Å². The van der Waals surface area contributed by atoms with Crippen molar-refractivity contribution in [1.29, 1.82) is 0 Å². The molecule has 1 heterocycles. The number of anilines is 1. The molecule has 0 bridgehead atoms. The van der Waals surface area contributed by atoms with Crippen LogP contribution in [0.2, 0.25) is 0 Å². The van der Waals surface area contributed by atoms with Gasteiger partial charge in [0, 0.05) is 30.4 Å². The van der Waals surface area contributed by atoms with Gasteiger partial charge in [-0.1, -0.05) is 25.1 Å². The number of nitrogens with one attached hydrogen (secondary N) is 1. The topological polar surface area (TPSA) is 24.9 Å². The average molecular weight is 258 g/mol. The molecule has 0 saturated carbocycles. The van der Waals surface area contributed by atoms with Gasteiger partial charge >= 0.3 is 0 Å². The Balaban J connectivity index is 1.86. The van der Waals surface area contributed by atoms with E-state index in [0.717, 1.165) is 18.0 Å². The largest absolute Gasteiger partial charge is 0.381 e. The number of nitrogens with zero attached hydrogens (tertiary/aromatic N) is 1. The van der Waals surface area contributed by atoms with Gasteiger partial charge in [0.1, 0.15) is 0 Å². The highest BCUT2D eigenvalue weighted by molar-refractivity contribution is 7.98. The molecule has 0 atom stereocenters. The maximum atomic E-state index is 4.10. The van der Waals surface area contributed by atoms with Crippen LogP contribution in [0, 0.1) is 0 Å². The Morgan fingerprint density at radius 1 is 1.11 bits per heavy atom. The molecule has 0 saturated heterocycles. The molecule has 1 N–H and O–H groups in total. The average Bonchev–Trinajstić information content (AvgIpc) is 2.45. The zero-order chi connectivity index (χ0) is 12.6. The van der Waals surface area contributed by atoms with Crippen molar-refractivity contribution in [2.45, 2.75) is 19.2 Å². The molecule has 2 nitrogen and oxygen atoms in total. The summed E-state index contributed by atoms with van der Waals surface area (Å²) in [6, 6.07) is 12.7. The lowest BCUT2D eigenvalue weighted by Crippen LogP contribution is -1.99. The molecule has 2 aromatic rings. The Hall–Kier alpha value is -1.48. The molecular formula is C15H18N2S. The lowest BCUT2D eigenvalue weighted by molar-refractivity contribution is 1.11. The molecule has 94 valence electrons. The standard InChI is InChI=1S/C15H18N2S/c1-2-18-12-13-5-7-15(8-6-13)17-11-14-4-3-9-16-10-14/h3-10,17H,2,11-12H2,1H3. The minimum Gasteiger partial charge on any atom is -0.381 e. The van der Waals surface area contributed by atoms with Crippen LogP contribution in [0.25, 0.3) is 0 Å². The Morgan fingerprint density at radius 3 is 2.61 bits per heavy atom. The Kier molecular flexibility index (Phi) is 5.09. The van der Waals surface area contributed by atoms with Gasteiger partial charge in [0.05, 0.1) is 0 Å². The highest BCUT2D eigenvalue weighted by Crippen LogP contribution is 2.15. The molecule has 0 aliphatic heterocycles. The maximum Gasteiger partial charge on any atom is 0.0416 e. The first-order chi connectivity index (χ1) is 8.88. The zero-order valence-corrected chi connectivity index (χ0v) is 11.4. The van der Waals surface area contributed by atoms with Crippen LogP contribution < -0.4 is 5.32 Å². The lowest BCUT2D eigenvalue weighted by Gasteiger charge is -2.07. The van der Waals surface area contributed by atoms with Gasteiger partial charge in [0.15, 0.2) is 0 Å². The molecule has 0 unspecified atom stereocenters. The summed E-state index contributed by atoms with van der Waals surface area (Å²) in [5, 5.41) is 3.40. The molecule has 1 aromatic heterocycles. The number of pyridine rings is 1. The van der Waals surface area contributed by atoms with Crippen molar-refractivity contribution >= 4 is 17.4 Å². The van der Waals surface area contributed by atoms with Crippen LogP contribution >= 0.6 is 11.8 Å². The number of aromatic nitrogens is 1. The number of hydrogen-bond donors (Lipinski definition) is 1. The molecule has 3 heteroatoms. The first-order valence-corrected chi connectivity index (χ1v) is 7.33. The Bertz CT molecular complexity index is 454. The van der Waals surface area contributed by atoms with E-state index >= 15 is 0 Å². The fraction of sp³-hybridized carbons (Fsp3) is 0.267. The van der Waals surface area contributed by atoms with E-state index in [1.807, 2.05) is 24.0 Å². The van der Waals surface area contributed by atoms with E-state index < -0.39 is 0 Å². The summed E-state index contributed by atoms with van der Waals surface area (Å²) >= 11 is 1.95. The van der Waals surface area contributed by atoms with Gasteiger partial charge in [-0.3, -0.25) is 4.98 Å². The summed E-state index contributed by atoms with van der Waals surface area (Å²) in [6.07, 6.45) is 3.68. The summed E-state index contributed by atoms with van der Waals surface area (Å²) in [5.74, 6) is 2.26. The second-order valence-electron chi connectivity index (χ2n) is 4.05. The van der Waals surface area contributed by atoms with Crippen LogP contribution in [0.15, 0.2) is 48.8 Å². The van der Waals surface area contributed by atoms with Crippen LogP contribution in [0.3, 0.4) is 0 Å². The van der Waals surface area contributed by atoms with Crippen molar-refractivity contribution in [1.82, 2.24) is 4.98 Å². The molecule has 0 spiro atoms. The van der Waals surface area contributed by atoms with Crippen molar-refractivity contribution < 1.29 is 0 Å². The monoisotopic (exact) mass is 258 g/mol. The number of benzene rings is 1. The molecule has 0 radical (unpaired) electrons. The summed E-state index contributed by atoms with van der Waals surface area (Å²) in [6.45, 7) is 3.01. The van der Waals surface area contributed by atoms with E-state index in [-0.39, 0.29) is 0 Å². The zero-order valence-electron chi connectivity index (χ0n) is 10.6. The van der Waals surface area contributed by atoms with Crippen molar-refractivity contribution in [3.05, 3.63) is 59.9 Å². The summed E-state index contributed by atoms with van der Waals surface area (Å²) in [4.78, 5) is 4.10. The van der Waals surface area contributed by atoms with Gasteiger partial charge in [-0.25, -0.2) is 0 Å². The molecule has 2 rings (SSSR count). The molecule has 0 fully saturated rings. The second kappa shape index (κ2) is 7.07. The van der Waals surface area contributed by atoms with Gasteiger partial charge in [0.2, 0.25) is 0 Å². The fourth-order valence-corrected chi connectivity index (χ4v) is 2.28. The predicted octanol–water partition coefficient (Wildman–Crippen LogP) is 3.95. The van der Waals surface area contributed by atoms with Crippen LogP contribution in [-0.2, 0) is 12.3 Å². The maximum absolute atomic E-state index is 4.10. The van der Waals surface area contributed by atoms with Crippen molar-refractivity contribution in [2.75, 3.05) is 11.1 Å². The van der Waals surface area contributed by atoms with Crippen LogP contribution in [0.5, 0.6) is 0 Å².